The van der Waals surface area contributed by atoms with Gasteiger partial charge in [0.2, 0.25) is 5.82 Å². The van der Waals surface area contributed by atoms with Gasteiger partial charge in [-0.1, -0.05) is 36.4 Å². The van der Waals surface area contributed by atoms with E-state index in [0.717, 1.165) is 0 Å². The maximum Gasteiger partial charge on any atom is 0.201 e. The molecule has 4 aromatic rings. The van der Waals surface area contributed by atoms with E-state index < -0.39 is 23.3 Å². The third kappa shape index (κ3) is 5.30. The van der Waals surface area contributed by atoms with Crippen LogP contribution in [0.3, 0.4) is 0 Å². The molecule has 0 atom stereocenters. The zero-order chi connectivity index (χ0) is 25.7. The number of hydrogen-bond donors (Lipinski definition) is 0. The summed E-state index contributed by atoms with van der Waals surface area (Å²) in [6, 6.07) is 18.8. The summed E-state index contributed by atoms with van der Waals surface area (Å²) >= 11 is 0. The summed E-state index contributed by atoms with van der Waals surface area (Å²) in [6.45, 7) is 4.05. The Kier molecular flexibility index (Phi) is 7.78. The standard InChI is InChI=1S/C29H24F4O3/c1-3-34-21-10-5-18(6-11-21)23-14-15-24(28(32)27(23)31)19-7-12-22(13-8-19)36-17-20-9-16-25(35-4-2)29(33)26(20)30/h5-16H,3-4,17H2,1-2H3. The maximum absolute atomic E-state index is 15.0. The summed E-state index contributed by atoms with van der Waals surface area (Å²) in [7, 11) is 0. The van der Waals surface area contributed by atoms with Gasteiger partial charge in [0.05, 0.1) is 13.2 Å². The van der Waals surface area contributed by atoms with Crippen LogP contribution in [0, 0.1) is 23.3 Å². The van der Waals surface area contributed by atoms with Crippen molar-refractivity contribution in [2.24, 2.45) is 0 Å². The lowest BCUT2D eigenvalue weighted by atomic mass is 9.98. The van der Waals surface area contributed by atoms with Crippen molar-refractivity contribution in [2.75, 3.05) is 13.2 Å². The highest BCUT2D eigenvalue weighted by Crippen LogP contribution is 2.33. The molecule has 3 nitrogen and oxygen atoms in total. The average Bonchev–Trinajstić information content (AvgIpc) is 2.89. The Labute approximate surface area is 206 Å². The largest absolute Gasteiger partial charge is 0.494 e. The lowest BCUT2D eigenvalue weighted by Gasteiger charge is -2.12. The first-order valence-electron chi connectivity index (χ1n) is 11.5. The first-order chi connectivity index (χ1) is 17.4. The van der Waals surface area contributed by atoms with Crippen molar-refractivity contribution >= 4 is 0 Å². The summed E-state index contributed by atoms with van der Waals surface area (Å²) < 4.78 is 74.1. The molecule has 0 fully saturated rings. The fraction of sp³-hybridized carbons (Fsp3) is 0.172. The van der Waals surface area contributed by atoms with Gasteiger partial charge in [0.15, 0.2) is 23.2 Å². The highest BCUT2D eigenvalue weighted by atomic mass is 19.2. The van der Waals surface area contributed by atoms with E-state index in [4.69, 9.17) is 14.2 Å². The SMILES string of the molecule is CCOc1ccc(-c2ccc(-c3ccc(OCc4ccc(OCC)c(F)c4F)cc3)c(F)c2F)cc1. The molecule has 0 unspecified atom stereocenters. The van der Waals surface area contributed by atoms with E-state index in [-0.39, 0.29) is 35.7 Å². The van der Waals surface area contributed by atoms with Crippen LogP contribution in [0.1, 0.15) is 19.4 Å². The Bertz CT molecular complexity index is 1340. The van der Waals surface area contributed by atoms with Crippen LogP contribution in [0.15, 0.2) is 72.8 Å². The summed E-state index contributed by atoms with van der Waals surface area (Å²) in [6.07, 6.45) is 0. The van der Waals surface area contributed by atoms with E-state index in [1.54, 1.807) is 55.5 Å². The Hall–Kier alpha value is -4.00. The average molecular weight is 497 g/mol. The molecule has 0 spiro atoms. The van der Waals surface area contributed by atoms with E-state index >= 15 is 0 Å². The highest BCUT2D eigenvalue weighted by molar-refractivity contribution is 5.72. The Morgan fingerprint density at radius 2 is 1.00 bits per heavy atom. The normalized spacial score (nSPS) is 10.8. The van der Waals surface area contributed by atoms with Gasteiger partial charge in [0.25, 0.3) is 0 Å². The summed E-state index contributed by atoms with van der Waals surface area (Å²) in [4.78, 5) is 0. The Morgan fingerprint density at radius 1 is 0.500 bits per heavy atom. The molecule has 0 bridgehead atoms. The van der Waals surface area contributed by atoms with Gasteiger partial charge in [-0.2, -0.15) is 4.39 Å². The minimum absolute atomic E-state index is 0.0259. The van der Waals surface area contributed by atoms with Crippen LogP contribution < -0.4 is 14.2 Å². The van der Waals surface area contributed by atoms with E-state index in [1.807, 2.05) is 6.92 Å². The van der Waals surface area contributed by atoms with E-state index in [1.165, 1.54) is 24.3 Å². The van der Waals surface area contributed by atoms with E-state index in [9.17, 15) is 17.6 Å². The van der Waals surface area contributed by atoms with Gasteiger partial charge in [0.1, 0.15) is 18.1 Å². The van der Waals surface area contributed by atoms with Crippen LogP contribution in [0.5, 0.6) is 17.2 Å². The third-order valence-corrected chi connectivity index (χ3v) is 5.54. The zero-order valence-corrected chi connectivity index (χ0v) is 19.8. The predicted molar refractivity (Wildman–Crippen MR) is 130 cm³/mol. The molecule has 4 aromatic carbocycles. The van der Waals surface area contributed by atoms with Gasteiger partial charge in [-0.05, 0) is 61.4 Å². The molecule has 0 saturated heterocycles. The molecule has 0 saturated carbocycles. The fourth-order valence-corrected chi connectivity index (χ4v) is 3.73. The van der Waals surface area contributed by atoms with Crippen LogP contribution in [0.2, 0.25) is 0 Å². The maximum atomic E-state index is 15.0. The van der Waals surface area contributed by atoms with Gasteiger partial charge in [-0.3, -0.25) is 0 Å². The first-order valence-corrected chi connectivity index (χ1v) is 11.5. The molecule has 0 aliphatic rings. The van der Waals surface area contributed by atoms with Crippen LogP contribution in [-0.2, 0) is 6.61 Å². The van der Waals surface area contributed by atoms with Gasteiger partial charge in [-0.25, -0.2) is 13.2 Å². The molecule has 0 amide bonds. The topological polar surface area (TPSA) is 27.7 Å². The molecular weight excluding hydrogens is 472 g/mol. The second-order valence-corrected chi connectivity index (χ2v) is 7.84. The number of ether oxygens (including phenoxy) is 3. The highest BCUT2D eigenvalue weighted by Gasteiger charge is 2.17. The molecule has 4 rings (SSSR count). The smallest absolute Gasteiger partial charge is 0.201 e. The van der Waals surface area contributed by atoms with Crippen LogP contribution in [0.25, 0.3) is 22.3 Å². The molecule has 0 aliphatic heterocycles. The van der Waals surface area contributed by atoms with Crippen molar-refractivity contribution in [2.45, 2.75) is 20.5 Å². The fourth-order valence-electron chi connectivity index (χ4n) is 3.73. The van der Waals surface area contributed by atoms with Crippen LogP contribution >= 0.6 is 0 Å². The first kappa shape index (κ1) is 25.1. The number of rotatable bonds is 9. The number of benzene rings is 4. The number of halogens is 4. The Morgan fingerprint density at radius 3 is 1.50 bits per heavy atom. The minimum atomic E-state index is -1.07. The van der Waals surface area contributed by atoms with Gasteiger partial charge >= 0.3 is 0 Å². The monoisotopic (exact) mass is 496 g/mol. The molecule has 0 aromatic heterocycles. The lowest BCUT2D eigenvalue weighted by Crippen LogP contribution is -2.03. The lowest BCUT2D eigenvalue weighted by molar-refractivity contribution is 0.289. The van der Waals surface area contributed by atoms with E-state index in [2.05, 4.69) is 0 Å². The van der Waals surface area contributed by atoms with Crippen LogP contribution in [0.4, 0.5) is 17.6 Å². The third-order valence-electron chi connectivity index (χ3n) is 5.54. The van der Waals surface area contributed by atoms with Gasteiger partial charge < -0.3 is 14.2 Å². The minimum Gasteiger partial charge on any atom is -0.494 e. The molecule has 0 N–H and O–H groups in total. The second kappa shape index (κ2) is 11.2. The van der Waals surface area contributed by atoms with Crippen molar-refractivity contribution in [1.29, 1.82) is 0 Å². The van der Waals surface area contributed by atoms with Crippen molar-refractivity contribution in [1.82, 2.24) is 0 Å². The quantitative estimate of drug-likeness (QED) is 0.220. The summed E-state index contributed by atoms with van der Waals surface area (Å²) in [5.41, 5.74) is 1.23. The second-order valence-electron chi connectivity index (χ2n) is 7.84. The molecule has 0 radical (unpaired) electrons. The van der Waals surface area contributed by atoms with Crippen molar-refractivity contribution < 1.29 is 31.8 Å². The van der Waals surface area contributed by atoms with Crippen molar-refractivity contribution in [3.8, 4) is 39.5 Å². The zero-order valence-electron chi connectivity index (χ0n) is 19.8. The van der Waals surface area contributed by atoms with Gasteiger partial charge in [0, 0.05) is 16.7 Å². The summed E-state index contributed by atoms with van der Waals surface area (Å²) in [5, 5.41) is 0. The summed E-state index contributed by atoms with van der Waals surface area (Å²) in [5.74, 6) is -3.18. The van der Waals surface area contributed by atoms with Crippen LogP contribution in [-0.4, -0.2) is 13.2 Å². The molecule has 0 aliphatic carbocycles. The van der Waals surface area contributed by atoms with Crippen molar-refractivity contribution in [3.05, 3.63) is 102 Å². The molecule has 7 heteroatoms. The Balaban J connectivity index is 1.49. The molecule has 36 heavy (non-hydrogen) atoms. The predicted octanol–water partition coefficient (Wildman–Crippen LogP) is 7.95. The molecular formula is C29H24F4O3. The van der Waals surface area contributed by atoms with Gasteiger partial charge in [-0.15, -0.1) is 0 Å². The van der Waals surface area contributed by atoms with Crippen molar-refractivity contribution in [3.63, 3.8) is 0 Å². The molecule has 186 valence electrons. The number of hydrogen-bond acceptors (Lipinski definition) is 3. The van der Waals surface area contributed by atoms with E-state index in [0.29, 0.717) is 29.2 Å². The molecule has 0 heterocycles.